The molecule has 0 bridgehead atoms. The van der Waals surface area contributed by atoms with E-state index in [0.717, 1.165) is 13.1 Å². The van der Waals surface area contributed by atoms with Crippen molar-refractivity contribution in [3.05, 3.63) is 17.0 Å². The highest BCUT2D eigenvalue weighted by Crippen LogP contribution is 2.33. The first-order valence-electron chi connectivity index (χ1n) is 5.75. The smallest absolute Gasteiger partial charge is 0.0802 e. The van der Waals surface area contributed by atoms with Crippen LogP contribution in [-0.4, -0.2) is 28.3 Å². The van der Waals surface area contributed by atoms with Crippen molar-refractivity contribution in [3.8, 4) is 0 Å². The van der Waals surface area contributed by atoms with Crippen molar-refractivity contribution in [2.75, 3.05) is 13.6 Å². The molecule has 15 heavy (non-hydrogen) atoms. The van der Waals surface area contributed by atoms with E-state index in [-0.39, 0.29) is 0 Å². The van der Waals surface area contributed by atoms with Crippen LogP contribution in [0.4, 0.5) is 0 Å². The number of hydrogen-bond acceptors (Lipinski definition) is 2. The lowest BCUT2D eigenvalue weighted by molar-refractivity contribution is 0.284. The summed E-state index contributed by atoms with van der Waals surface area (Å²) in [7, 11) is 4.24. The second kappa shape index (κ2) is 3.63. The number of aromatic nitrogens is 2. The molecule has 0 aromatic carbocycles. The third-order valence-electron chi connectivity index (χ3n) is 3.25. The van der Waals surface area contributed by atoms with Crippen LogP contribution in [0.5, 0.6) is 0 Å². The lowest BCUT2D eigenvalue weighted by Gasteiger charge is -2.28. The average molecular weight is 207 g/mol. The van der Waals surface area contributed by atoms with Gasteiger partial charge in [-0.05, 0) is 18.9 Å². The third kappa shape index (κ3) is 1.69. The molecule has 0 saturated carbocycles. The normalized spacial score (nSPS) is 22.1. The van der Waals surface area contributed by atoms with E-state index in [4.69, 9.17) is 0 Å². The van der Waals surface area contributed by atoms with E-state index in [2.05, 4.69) is 49.5 Å². The molecule has 0 amide bonds. The van der Waals surface area contributed by atoms with E-state index < -0.39 is 0 Å². The van der Waals surface area contributed by atoms with Gasteiger partial charge in [-0.15, -0.1) is 0 Å². The van der Waals surface area contributed by atoms with Crippen LogP contribution in [0.2, 0.25) is 0 Å². The highest BCUT2D eigenvalue weighted by atomic mass is 15.3. The van der Waals surface area contributed by atoms with Crippen molar-refractivity contribution in [2.45, 2.75) is 39.2 Å². The molecule has 1 aromatic heterocycles. The zero-order valence-corrected chi connectivity index (χ0v) is 10.4. The Morgan fingerprint density at radius 3 is 2.60 bits per heavy atom. The lowest BCUT2D eigenvalue weighted by Crippen LogP contribution is -2.29. The first kappa shape index (κ1) is 10.7. The number of nitrogens with zero attached hydrogens (tertiary/aromatic N) is 3. The van der Waals surface area contributed by atoms with Crippen LogP contribution in [-0.2, 0) is 13.6 Å². The van der Waals surface area contributed by atoms with Crippen LogP contribution in [0.15, 0.2) is 0 Å². The van der Waals surface area contributed by atoms with Gasteiger partial charge in [-0.3, -0.25) is 9.58 Å². The quantitative estimate of drug-likeness (QED) is 0.703. The molecule has 0 spiro atoms. The van der Waals surface area contributed by atoms with E-state index in [9.17, 15) is 0 Å². The lowest BCUT2D eigenvalue weighted by atomic mass is 9.90. The molecule has 1 aliphatic rings. The summed E-state index contributed by atoms with van der Waals surface area (Å²) >= 11 is 0. The van der Waals surface area contributed by atoms with Crippen molar-refractivity contribution >= 4 is 0 Å². The second-order valence-electron chi connectivity index (χ2n) is 5.12. The third-order valence-corrected chi connectivity index (χ3v) is 3.25. The van der Waals surface area contributed by atoms with Crippen molar-refractivity contribution in [1.29, 1.82) is 0 Å². The monoisotopic (exact) mass is 207 g/mol. The van der Waals surface area contributed by atoms with Gasteiger partial charge in [0.2, 0.25) is 0 Å². The van der Waals surface area contributed by atoms with E-state index >= 15 is 0 Å². The fourth-order valence-corrected chi connectivity index (χ4v) is 2.83. The molecule has 0 fully saturated rings. The van der Waals surface area contributed by atoms with Gasteiger partial charge in [-0.1, -0.05) is 20.8 Å². The number of aryl methyl sites for hydroxylation is 1. The molecule has 1 aliphatic heterocycles. The largest absolute Gasteiger partial charge is 0.300 e. The Morgan fingerprint density at radius 2 is 2.00 bits per heavy atom. The standard InChI is InChI=1S/C12H21N3/c1-8(2)12-11-9(3)6-14(4)7-10(11)13-15(12)5/h8-9H,6-7H2,1-5H3. The number of likely N-dealkylation sites (N-methyl/N-ethyl adjacent to an activating group) is 1. The van der Waals surface area contributed by atoms with Gasteiger partial charge in [0.15, 0.2) is 0 Å². The van der Waals surface area contributed by atoms with E-state index in [1.807, 2.05) is 0 Å². The SMILES string of the molecule is CC(C)c1c2c(nn1C)CN(C)CC2C. The zero-order valence-electron chi connectivity index (χ0n) is 10.4. The molecular formula is C12H21N3. The summed E-state index contributed by atoms with van der Waals surface area (Å²) in [5.74, 6) is 1.18. The van der Waals surface area contributed by atoms with Crippen LogP contribution >= 0.6 is 0 Å². The van der Waals surface area contributed by atoms with Gasteiger partial charge in [-0.25, -0.2) is 0 Å². The predicted molar refractivity (Wildman–Crippen MR) is 62.0 cm³/mol. The Morgan fingerprint density at radius 1 is 1.33 bits per heavy atom. The van der Waals surface area contributed by atoms with E-state index in [0.29, 0.717) is 11.8 Å². The molecule has 1 unspecified atom stereocenters. The highest BCUT2D eigenvalue weighted by molar-refractivity contribution is 5.34. The van der Waals surface area contributed by atoms with Crippen molar-refractivity contribution < 1.29 is 0 Å². The Bertz CT molecular complexity index is 365. The summed E-state index contributed by atoms with van der Waals surface area (Å²) in [6.07, 6.45) is 0. The Labute approximate surface area is 92.1 Å². The maximum atomic E-state index is 4.65. The number of rotatable bonds is 1. The van der Waals surface area contributed by atoms with Gasteiger partial charge in [0, 0.05) is 31.4 Å². The Balaban J connectivity index is 2.51. The molecule has 1 aromatic rings. The average Bonchev–Trinajstić information content (AvgIpc) is 2.40. The summed E-state index contributed by atoms with van der Waals surface area (Å²) in [5.41, 5.74) is 4.21. The predicted octanol–water partition coefficient (Wildman–Crippen LogP) is 2.09. The molecule has 1 atom stereocenters. The van der Waals surface area contributed by atoms with Crippen molar-refractivity contribution in [1.82, 2.24) is 14.7 Å². The van der Waals surface area contributed by atoms with Gasteiger partial charge >= 0.3 is 0 Å². The minimum atomic E-state index is 0.567. The minimum absolute atomic E-state index is 0.567. The highest BCUT2D eigenvalue weighted by Gasteiger charge is 2.28. The first-order chi connectivity index (χ1) is 7.00. The van der Waals surface area contributed by atoms with Crippen LogP contribution < -0.4 is 0 Å². The van der Waals surface area contributed by atoms with Crippen molar-refractivity contribution in [3.63, 3.8) is 0 Å². The molecular weight excluding hydrogens is 186 g/mol. The maximum Gasteiger partial charge on any atom is 0.0802 e. The Hall–Kier alpha value is -0.830. The molecule has 0 radical (unpaired) electrons. The van der Waals surface area contributed by atoms with Gasteiger partial charge in [0.05, 0.1) is 5.69 Å². The van der Waals surface area contributed by atoms with E-state index in [1.165, 1.54) is 17.0 Å². The number of fused-ring (bicyclic) bond motifs is 1. The van der Waals surface area contributed by atoms with Gasteiger partial charge in [-0.2, -0.15) is 5.10 Å². The van der Waals surface area contributed by atoms with E-state index in [1.54, 1.807) is 0 Å². The van der Waals surface area contributed by atoms with Crippen LogP contribution in [0.1, 0.15) is 49.6 Å². The summed E-state index contributed by atoms with van der Waals surface area (Å²) in [5, 5.41) is 4.65. The maximum absolute atomic E-state index is 4.65. The minimum Gasteiger partial charge on any atom is -0.300 e. The first-order valence-corrected chi connectivity index (χ1v) is 5.75. The van der Waals surface area contributed by atoms with Crippen molar-refractivity contribution in [2.24, 2.45) is 7.05 Å². The van der Waals surface area contributed by atoms with Crippen LogP contribution in [0.3, 0.4) is 0 Å². The second-order valence-corrected chi connectivity index (χ2v) is 5.12. The molecule has 0 N–H and O–H groups in total. The fourth-order valence-electron chi connectivity index (χ4n) is 2.83. The summed E-state index contributed by atoms with van der Waals surface area (Å²) < 4.78 is 2.07. The van der Waals surface area contributed by atoms with Gasteiger partial charge < -0.3 is 0 Å². The van der Waals surface area contributed by atoms with Crippen LogP contribution in [0.25, 0.3) is 0 Å². The summed E-state index contributed by atoms with van der Waals surface area (Å²) in [6.45, 7) is 8.96. The molecule has 84 valence electrons. The molecule has 3 nitrogen and oxygen atoms in total. The molecule has 0 aliphatic carbocycles. The number of hydrogen-bond donors (Lipinski definition) is 0. The Kier molecular flexibility index (Phi) is 2.59. The topological polar surface area (TPSA) is 21.1 Å². The van der Waals surface area contributed by atoms with Gasteiger partial charge in [0.25, 0.3) is 0 Å². The van der Waals surface area contributed by atoms with Crippen LogP contribution in [0, 0.1) is 0 Å². The zero-order chi connectivity index (χ0) is 11.2. The summed E-state index contributed by atoms with van der Waals surface area (Å²) in [4.78, 5) is 2.35. The molecule has 3 heteroatoms. The molecule has 0 saturated heterocycles. The fraction of sp³-hybridized carbons (Fsp3) is 0.750. The summed E-state index contributed by atoms with van der Waals surface area (Å²) in [6, 6.07) is 0. The van der Waals surface area contributed by atoms with Gasteiger partial charge in [0.1, 0.15) is 0 Å². The molecule has 2 heterocycles. The molecule has 2 rings (SSSR count).